The standard InChI is InChI=1S/C15H18N2O/c1-10-11-5-3-7-14(18-2)15(11)17-13-6-4-8-16-9-12(10)13/h3,5,7,16H,4,6,8-9H2,1-2H3. The molecule has 94 valence electrons. The highest BCUT2D eigenvalue weighted by Crippen LogP contribution is 2.30. The summed E-state index contributed by atoms with van der Waals surface area (Å²) in [5.74, 6) is 0.871. The molecule has 3 heteroatoms. The summed E-state index contributed by atoms with van der Waals surface area (Å²) in [6.45, 7) is 4.19. The van der Waals surface area contributed by atoms with Crippen molar-refractivity contribution in [3.05, 3.63) is 35.0 Å². The average Bonchev–Trinajstić information content (AvgIpc) is 2.64. The predicted octanol–water partition coefficient (Wildman–Crippen LogP) is 2.59. The zero-order chi connectivity index (χ0) is 12.5. The molecule has 0 saturated carbocycles. The Morgan fingerprint density at radius 3 is 3.06 bits per heavy atom. The van der Waals surface area contributed by atoms with E-state index in [4.69, 9.17) is 9.72 Å². The van der Waals surface area contributed by atoms with E-state index in [2.05, 4.69) is 18.3 Å². The summed E-state index contributed by atoms with van der Waals surface area (Å²) in [4.78, 5) is 4.84. The van der Waals surface area contributed by atoms with Crippen LogP contribution in [-0.2, 0) is 13.0 Å². The van der Waals surface area contributed by atoms with Gasteiger partial charge in [-0.15, -0.1) is 0 Å². The fourth-order valence-electron chi connectivity index (χ4n) is 2.72. The van der Waals surface area contributed by atoms with Crippen LogP contribution in [0.3, 0.4) is 0 Å². The molecule has 0 unspecified atom stereocenters. The number of pyridine rings is 1. The number of hydrogen-bond donors (Lipinski definition) is 1. The molecule has 1 aliphatic rings. The van der Waals surface area contributed by atoms with Crippen molar-refractivity contribution >= 4 is 10.9 Å². The lowest BCUT2D eigenvalue weighted by atomic mass is 10.00. The minimum atomic E-state index is 0.871. The van der Waals surface area contributed by atoms with Gasteiger partial charge in [0.25, 0.3) is 0 Å². The molecule has 2 heterocycles. The van der Waals surface area contributed by atoms with Gasteiger partial charge in [0.05, 0.1) is 7.11 Å². The second kappa shape index (κ2) is 4.58. The topological polar surface area (TPSA) is 34.1 Å². The maximum Gasteiger partial charge on any atom is 0.145 e. The second-order valence-electron chi connectivity index (χ2n) is 4.80. The molecule has 1 aromatic carbocycles. The highest BCUT2D eigenvalue weighted by molar-refractivity contribution is 5.88. The number of rotatable bonds is 1. The molecule has 3 nitrogen and oxygen atoms in total. The van der Waals surface area contributed by atoms with E-state index in [1.165, 1.54) is 22.2 Å². The summed E-state index contributed by atoms with van der Waals surface area (Å²) in [5.41, 5.74) is 4.93. The third-order valence-corrected chi connectivity index (χ3v) is 3.74. The Morgan fingerprint density at radius 2 is 2.22 bits per heavy atom. The summed E-state index contributed by atoms with van der Waals surface area (Å²) < 4.78 is 5.43. The molecule has 0 fully saturated rings. The van der Waals surface area contributed by atoms with Crippen LogP contribution in [-0.4, -0.2) is 18.6 Å². The van der Waals surface area contributed by atoms with Crippen LogP contribution in [0, 0.1) is 6.92 Å². The van der Waals surface area contributed by atoms with Crippen molar-refractivity contribution < 1.29 is 4.74 Å². The number of benzene rings is 1. The molecule has 0 bridgehead atoms. The fourth-order valence-corrected chi connectivity index (χ4v) is 2.72. The van der Waals surface area contributed by atoms with E-state index in [9.17, 15) is 0 Å². The first-order valence-corrected chi connectivity index (χ1v) is 6.47. The molecule has 0 radical (unpaired) electrons. The smallest absolute Gasteiger partial charge is 0.145 e. The van der Waals surface area contributed by atoms with E-state index < -0.39 is 0 Å². The van der Waals surface area contributed by atoms with Gasteiger partial charge in [0.1, 0.15) is 11.3 Å². The molecule has 1 aliphatic heterocycles. The van der Waals surface area contributed by atoms with Gasteiger partial charge in [0, 0.05) is 17.6 Å². The van der Waals surface area contributed by atoms with E-state index in [-0.39, 0.29) is 0 Å². The molecular weight excluding hydrogens is 224 g/mol. The van der Waals surface area contributed by atoms with Crippen molar-refractivity contribution in [2.75, 3.05) is 13.7 Å². The van der Waals surface area contributed by atoms with Crippen LogP contribution in [0.5, 0.6) is 5.75 Å². The molecule has 18 heavy (non-hydrogen) atoms. The molecule has 0 amide bonds. The molecule has 0 spiro atoms. The predicted molar refractivity (Wildman–Crippen MR) is 73.1 cm³/mol. The van der Waals surface area contributed by atoms with E-state index in [1.54, 1.807) is 7.11 Å². The molecule has 2 aromatic rings. The maximum absolute atomic E-state index is 5.43. The summed E-state index contributed by atoms with van der Waals surface area (Å²) in [6.07, 6.45) is 2.21. The third-order valence-electron chi connectivity index (χ3n) is 3.74. The van der Waals surface area contributed by atoms with Crippen molar-refractivity contribution in [2.24, 2.45) is 0 Å². The lowest BCUT2D eigenvalue weighted by molar-refractivity contribution is 0.418. The molecule has 0 atom stereocenters. The first kappa shape index (κ1) is 11.5. The van der Waals surface area contributed by atoms with Crippen LogP contribution in [0.15, 0.2) is 18.2 Å². The zero-order valence-electron chi connectivity index (χ0n) is 10.9. The Labute approximate surface area is 107 Å². The van der Waals surface area contributed by atoms with Gasteiger partial charge < -0.3 is 10.1 Å². The first-order chi connectivity index (χ1) is 8.81. The summed E-state index contributed by atoms with van der Waals surface area (Å²) >= 11 is 0. The van der Waals surface area contributed by atoms with Crippen molar-refractivity contribution in [3.8, 4) is 5.75 Å². The highest BCUT2D eigenvalue weighted by atomic mass is 16.5. The zero-order valence-corrected chi connectivity index (χ0v) is 10.9. The quantitative estimate of drug-likeness (QED) is 0.834. The van der Waals surface area contributed by atoms with Gasteiger partial charge in [-0.3, -0.25) is 0 Å². The van der Waals surface area contributed by atoms with E-state index in [1.807, 2.05) is 12.1 Å². The average molecular weight is 242 g/mol. The number of aryl methyl sites for hydroxylation is 2. The highest BCUT2D eigenvalue weighted by Gasteiger charge is 2.15. The number of para-hydroxylation sites is 1. The van der Waals surface area contributed by atoms with Crippen LogP contribution < -0.4 is 10.1 Å². The number of hydrogen-bond acceptors (Lipinski definition) is 3. The van der Waals surface area contributed by atoms with E-state index in [0.29, 0.717) is 0 Å². The number of nitrogens with one attached hydrogen (secondary N) is 1. The molecule has 1 aromatic heterocycles. The molecule has 0 aliphatic carbocycles. The van der Waals surface area contributed by atoms with E-state index in [0.717, 1.165) is 37.2 Å². The fraction of sp³-hybridized carbons (Fsp3) is 0.400. The second-order valence-corrected chi connectivity index (χ2v) is 4.80. The molecule has 1 N–H and O–H groups in total. The van der Waals surface area contributed by atoms with Crippen LogP contribution in [0.4, 0.5) is 0 Å². The Hall–Kier alpha value is -1.61. The third kappa shape index (κ3) is 1.75. The van der Waals surface area contributed by atoms with Crippen LogP contribution >= 0.6 is 0 Å². The normalized spacial score (nSPS) is 15.2. The number of fused-ring (bicyclic) bond motifs is 2. The molecular formula is C15H18N2O. The van der Waals surface area contributed by atoms with Crippen molar-refractivity contribution in [1.82, 2.24) is 10.3 Å². The lowest BCUT2D eigenvalue weighted by Gasteiger charge is -2.14. The first-order valence-electron chi connectivity index (χ1n) is 6.47. The summed E-state index contributed by atoms with van der Waals surface area (Å²) in [6, 6.07) is 6.15. The molecule has 0 saturated heterocycles. The number of methoxy groups -OCH3 is 1. The van der Waals surface area contributed by atoms with Crippen LogP contribution in [0.25, 0.3) is 10.9 Å². The summed E-state index contributed by atoms with van der Waals surface area (Å²) in [7, 11) is 1.71. The van der Waals surface area contributed by atoms with Crippen molar-refractivity contribution in [2.45, 2.75) is 26.3 Å². The SMILES string of the molecule is COc1cccc2c(C)c3c(nc12)CCCNC3. The number of aromatic nitrogens is 1. The van der Waals surface area contributed by atoms with Gasteiger partial charge >= 0.3 is 0 Å². The Bertz CT molecular complexity index is 593. The Balaban J connectivity index is 2.31. The Morgan fingerprint density at radius 1 is 1.33 bits per heavy atom. The van der Waals surface area contributed by atoms with Gasteiger partial charge in [0.2, 0.25) is 0 Å². The lowest BCUT2D eigenvalue weighted by Crippen LogP contribution is -2.13. The van der Waals surface area contributed by atoms with Gasteiger partial charge in [-0.1, -0.05) is 12.1 Å². The van der Waals surface area contributed by atoms with Gasteiger partial charge in [-0.2, -0.15) is 0 Å². The van der Waals surface area contributed by atoms with Gasteiger partial charge in [-0.25, -0.2) is 4.98 Å². The number of ether oxygens (including phenoxy) is 1. The summed E-state index contributed by atoms with van der Waals surface area (Å²) in [5, 5.41) is 4.67. The van der Waals surface area contributed by atoms with E-state index >= 15 is 0 Å². The monoisotopic (exact) mass is 242 g/mol. The van der Waals surface area contributed by atoms with Gasteiger partial charge in [-0.05, 0) is 43.5 Å². The minimum Gasteiger partial charge on any atom is -0.494 e. The van der Waals surface area contributed by atoms with Gasteiger partial charge in [0.15, 0.2) is 0 Å². The molecule has 3 rings (SSSR count). The van der Waals surface area contributed by atoms with Crippen molar-refractivity contribution in [1.29, 1.82) is 0 Å². The Kier molecular flexibility index (Phi) is 2.92. The largest absolute Gasteiger partial charge is 0.494 e. The van der Waals surface area contributed by atoms with Crippen LogP contribution in [0.2, 0.25) is 0 Å². The maximum atomic E-state index is 5.43. The van der Waals surface area contributed by atoms with Crippen molar-refractivity contribution in [3.63, 3.8) is 0 Å². The van der Waals surface area contributed by atoms with Crippen LogP contribution in [0.1, 0.15) is 23.2 Å². The minimum absolute atomic E-state index is 0.871. The number of nitrogens with zero attached hydrogens (tertiary/aromatic N) is 1.